The molecule has 0 rings (SSSR count). The average molecular weight is 325 g/mol. The zero-order chi connectivity index (χ0) is 12.6. The fraction of sp³-hybridized carbons (Fsp3) is 1.00. The van der Waals surface area contributed by atoms with Crippen molar-refractivity contribution in [3.05, 3.63) is 5.32 Å². The van der Waals surface area contributed by atoms with Gasteiger partial charge in [-0.15, -0.1) is 25.5 Å². The van der Waals surface area contributed by atoms with Gasteiger partial charge in [0.2, 0.25) is 0 Å². The second-order valence-corrected chi connectivity index (χ2v) is 5.21. The zero-order valence-corrected chi connectivity index (χ0v) is 15.6. The molecule has 0 aromatic carbocycles. The Labute approximate surface area is 143 Å². The average Bonchev–Trinajstić information content (AvgIpc) is 2.35. The van der Waals surface area contributed by atoms with Crippen LogP contribution in [0.1, 0.15) is 90.9 Å². The van der Waals surface area contributed by atoms with E-state index in [2.05, 4.69) is 19.2 Å². The Morgan fingerprint density at radius 1 is 0.526 bits per heavy atom. The standard InChI is InChI=1S/C16H34N.ClH.Ti/c1-3-5-7-9-11-13-15-17-16-14-12-10-8-6-4-2;;/h3-16H2,1-2H3;1H;/q-1;;. The van der Waals surface area contributed by atoms with E-state index in [1.807, 2.05) is 0 Å². The summed E-state index contributed by atoms with van der Waals surface area (Å²) in [6.45, 7) is 6.77. The number of halogens is 1. The molecule has 0 aromatic heterocycles. The molecule has 19 heavy (non-hydrogen) atoms. The van der Waals surface area contributed by atoms with E-state index in [0.29, 0.717) is 0 Å². The van der Waals surface area contributed by atoms with E-state index < -0.39 is 0 Å². The Balaban J connectivity index is -0.00000128. The van der Waals surface area contributed by atoms with Gasteiger partial charge in [0.05, 0.1) is 0 Å². The van der Waals surface area contributed by atoms with E-state index in [-0.39, 0.29) is 34.1 Å². The molecule has 0 heterocycles. The summed E-state index contributed by atoms with van der Waals surface area (Å²) in [4.78, 5) is 0. The maximum Gasteiger partial charge on any atom is 0 e. The van der Waals surface area contributed by atoms with Crippen LogP contribution in [0, 0.1) is 0 Å². The van der Waals surface area contributed by atoms with Crippen molar-refractivity contribution >= 4 is 12.4 Å². The molecule has 0 saturated carbocycles. The fourth-order valence-electron chi connectivity index (χ4n) is 2.12. The van der Waals surface area contributed by atoms with Crippen molar-refractivity contribution in [3.8, 4) is 0 Å². The minimum absolute atomic E-state index is 0. The van der Waals surface area contributed by atoms with Gasteiger partial charge in [-0.1, -0.05) is 90.9 Å². The molecule has 0 saturated heterocycles. The summed E-state index contributed by atoms with van der Waals surface area (Å²) in [6, 6.07) is 0. The first-order valence-corrected chi connectivity index (χ1v) is 8.05. The van der Waals surface area contributed by atoms with Gasteiger partial charge in [-0.05, 0) is 0 Å². The first kappa shape index (κ1) is 24.9. The normalized spacial score (nSPS) is 9.79. The van der Waals surface area contributed by atoms with Crippen molar-refractivity contribution in [2.75, 3.05) is 13.1 Å². The van der Waals surface area contributed by atoms with Crippen molar-refractivity contribution in [2.24, 2.45) is 0 Å². The molecule has 1 nitrogen and oxygen atoms in total. The largest absolute Gasteiger partial charge is 0.662 e. The fourth-order valence-corrected chi connectivity index (χ4v) is 2.12. The number of unbranched alkanes of at least 4 members (excludes halogenated alkanes) is 10. The summed E-state index contributed by atoms with van der Waals surface area (Å²) in [5, 5.41) is 4.61. The molecule has 0 spiro atoms. The third-order valence-electron chi connectivity index (χ3n) is 3.34. The van der Waals surface area contributed by atoms with Gasteiger partial charge in [0, 0.05) is 21.7 Å². The van der Waals surface area contributed by atoms with Gasteiger partial charge < -0.3 is 5.32 Å². The van der Waals surface area contributed by atoms with Gasteiger partial charge in [-0.2, -0.15) is 0 Å². The quantitative estimate of drug-likeness (QED) is 0.256. The van der Waals surface area contributed by atoms with E-state index in [9.17, 15) is 0 Å². The van der Waals surface area contributed by atoms with E-state index in [1.165, 1.54) is 77.0 Å². The monoisotopic (exact) mass is 324 g/mol. The number of rotatable bonds is 14. The van der Waals surface area contributed by atoms with Crippen LogP contribution in [0.5, 0.6) is 0 Å². The molecule has 116 valence electrons. The number of hydrogen-bond acceptors (Lipinski definition) is 0. The van der Waals surface area contributed by atoms with Gasteiger partial charge >= 0.3 is 0 Å². The third-order valence-corrected chi connectivity index (χ3v) is 3.34. The molecule has 0 atom stereocenters. The summed E-state index contributed by atoms with van der Waals surface area (Å²) in [7, 11) is 0. The molecule has 0 amide bonds. The maximum absolute atomic E-state index is 4.61. The molecule has 0 aliphatic heterocycles. The Kier molecular flexibility index (Phi) is 31.5. The topological polar surface area (TPSA) is 14.1 Å². The van der Waals surface area contributed by atoms with Crippen molar-refractivity contribution in [2.45, 2.75) is 90.9 Å². The summed E-state index contributed by atoms with van der Waals surface area (Å²) in [6.07, 6.45) is 16.6. The first-order valence-electron chi connectivity index (χ1n) is 8.05. The van der Waals surface area contributed by atoms with Gasteiger partial charge in [-0.25, -0.2) is 0 Å². The van der Waals surface area contributed by atoms with E-state index in [0.717, 1.165) is 13.1 Å². The molecule has 3 heteroatoms. The van der Waals surface area contributed by atoms with E-state index in [4.69, 9.17) is 0 Å². The molecule has 0 radical (unpaired) electrons. The molecule has 0 aliphatic carbocycles. The zero-order valence-electron chi connectivity index (χ0n) is 13.3. The molecule has 0 fully saturated rings. The summed E-state index contributed by atoms with van der Waals surface area (Å²) >= 11 is 0. The molecular weight excluding hydrogens is 290 g/mol. The van der Waals surface area contributed by atoms with Crippen LogP contribution in [-0.2, 0) is 21.7 Å². The molecule has 0 aliphatic rings. The second-order valence-electron chi connectivity index (χ2n) is 5.21. The van der Waals surface area contributed by atoms with Crippen LogP contribution >= 0.6 is 12.4 Å². The van der Waals surface area contributed by atoms with Gasteiger partial charge in [0.15, 0.2) is 0 Å². The minimum atomic E-state index is 0. The molecule has 0 bridgehead atoms. The Hall–Kier alpha value is 0.964. The van der Waals surface area contributed by atoms with Crippen LogP contribution in [0.4, 0.5) is 0 Å². The summed E-state index contributed by atoms with van der Waals surface area (Å²) in [5.41, 5.74) is 0. The molecule has 0 aromatic rings. The van der Waals surface area contributed by atoms with E-state index in [1.54, 1.807) is 0 Å². The number of hydrogen-bond donors (Lipinski definition) is 0. The Morgan fingerprint density at radius 2 is 0.842 bits per heavy atom. The summed E-state index contributed by atoms with van der Waals surface area (Å²) in [5.74, 6) is 0. The third kappa shape index (κ3) is 24.4. The predicted molar refractivity (Wildman–Crippen MR) is 87.1 cm³/mol. The van der Waals surface area contributed by atoms with Gasteiger partial charge in [0.1, 0.15) is 0 Å². The number of nitrogens with zero attached hydrogens (tertiary/aromatic N) is 1. The first-order chi connectivity index (χ1) is 8.41. The molecular formula is C16H35ClNTi-. The predicted octanol–water partition coefficient (Wildman–Crippen LogP) is 6.50. The molecule has 0 unspecified atom stereocenters. The van der Waals surface area contributed by atoms with Crippen LogP contribution in [-0.4, -0.2) is 13.1 Å². The Morgan fingerprint density at radius 3 is 1.21 bits per heavy atom. The van der Waals surface area contributed by atoms with Gasteiger partial charge in [0.25, 0.3) is 0 Å². The molecule has 0 N–H and O–H groups in total. The van der Waals surface area contributed by atoms with Crippen LogP contribution in [0.25, 0.3) is 5.32 Å². The second kappa shape index (κ2) is 24.0. The van der Waals surface area contributed by atoms with Crippen LogP contribution in [0.15, 0.2) is 0 Å². The van der Waals surface area contributed by atoms with Crippen LogP contribution in [0.2, 0.25) is 0 Å². The smallest absolute Gasteiger partial charge is 0 e. The van der Waals surface area contributed by atoms with Crippen molar-refractivity contribution in [1.82, 2.24) is 0 Å². The van der Waals surface area contributed by atoms with Crippen molar-refractivity contribution in [3.63, 3.8) is 0 Å². The van der Waals surface area contributed by atoms with Crippen molar-refractivity contribution < 1.29 is 21.7 Å². The van der Waals surface area contributed by atoms with Crippen LogP contribution in [0.3, 0.4) is 0 Å². The SMILES string of the molecule is CCCCCCCC[N-]CCCCCCCC.Cl.[Ti]. The summed E-state index contributed by atoms with van der Waals surface area (Å²) < 4.78 is 0. The maximum atomic E-state index is 4.61. The Bertz CT molecular complexity index is 120. The van der Waals surface area contributed by atoms with E-state index >= 15 is 0 Å². The van der Waals surface area contributed by atoms with Crippen LogP contribution < -0.4 is 0 Å². The minimum Gasteiger partial charge on any atom is -0.662 e. The van der Waals surface area contributed by atoms with Crippen molar-refractivity contribution in [1.29, 1.82) is 0 Å². The van der Waals surface area contributed by atoms with Gasteiger partial charge in [-0.3, -0.25) is 0 Å².